The van der Waals surface area contributed by atoms with Crippen LogP contribution in [0.1, 0.15) is 46.5 Å². The van der Waals surface area contributed by atoms with E-state index in [9.17, 15) is 14.0 Å². The topological polar surface area (TPSA) is 94.4 Å². The zero-order chi connectivity index (χ0) is 27.8. The fraction of sp³-hybridized carbons (Fsp3) is 0.276. The summed E-state index contributed by atoms with van der Waals surface area (Å²) in [6.45, 7) is 6.69. The molecule has 39 heavy (non-hydrogen) atoms. The van der Waals surface area contributed by atoms with Crippen molar-refractivity contribution in [2.45, 2.75) is 33.4 Å². The Labute approximate surface area is 242 Å². The van der Waals surface area contributed by atoms with Crippen LogP contribution in [0.25, 0.3) is 22.1 Å². The molecular formula is C29H28FIN4O3S. The first-order chi connectivity index (χ1) is 18.7. The SMILES string of the molecule is Cc1ccc(C(=O)N(CCN)[C@@H](c2nc3c(oc4ccc(F)cc43)c(=O)n2Cc2ccc(I)s2)C(C)C)cc1. The number of hydrogen-bond acceptors (Lipinski definition) is 6. The van der Waals surface area contributed by atoms with E-state index in [-0.39, 0.29) is 48.1 Å². The zero-order valence-electron chi connectivity index (χ0n) is 21.8. The van der Waals surface area contributed by atoms with Crippen LogP contribution in [0, 0.1) is 21.5 Å². The largest absolute Gasteiger partial charge is 0.448 e. The second kappa shape index (κ2) is 11.2. The molecule has 0 saturated heterocycles. The Kier molecular flexibility index (Phi) is 7.88. The normalized spacial score (nSPS) is 12.5. The lowest BCUT2D eigenvalue weighted by Gasteiger charge is -2.35. The van der Waals surface area contributed by atoms with Gasteiger partial charge in [0, 0.05) is 28.9 Å². The Morgan fingerprint density at radius 2 is 1.92 bits per heavy atom. The summed E-state index contributed by atoms with van der Waals surface area (Å²) in [7, 11) is 0. The van der Waals surface area contributed by atoms with Gasteiger partial charge < -0.3 is 15.1 Å². The molecule has 10 heteroatoms. The highest BCUT2D eigenvalue weighted by atomic mass is 127. The van der Waals surface area contributed by atoms with Gasteiger partial charge in [-0.3, -0.25) is 14.2 Å². The van der Waals surface area contributed by atoms with Gasteiger partial charge in [0.25, 0.3) is 11.5 Å². The maximum atomic E-state index is 14.2. The second-order valence-corrected chi connectivity index (χ2v) is 12.9. The molecule has 0 fully saturated rings. The molecule has 0 bridgehead atoms. The van der Waals surface area contributed by atoms with Crippen LogP contribution in [-0.4, -0.2) is 33.4 Å². The van der Waals surface area contributed by atoms with E-state index >= 15 is 0 Å². The number of carbonyl (C=O) groups excluding carboxylic acids is 1. The maximum absolute atomic E-state index is 14.2. The van der Waals surface area contributed by atoms with Gasteiger partial charge in [-0.1, -0.05) is 31.5 Å². The highest BCUT2D eigenvalue weighted by molar-refractivity contribution is 14.1. The summed E-state index contributed by atoms with van der Waals surface area (Å²) in [6, 6.07) is 14.9. The van der Waals surface area contributed by atoms with Crippen molar-refractivity contribution < 1.29 is 13.6 Å². The van der Waals surface area contributed by atoms with Gasteiger partial charge in [0.1, 0.15) is 22.7 Å². The third kappa shape index (κ3) is 5.37. The first-order valence-electron chi connectivity index (χ1n) is 12.6. The third-order valence-electron chi connectivity index (χ3n) is 6.67. The standard InChI is InChI=1S/C29H28FIN4O3S/c1-16(2)25(34(13-12-32)28(36)18-6-4-17(3)5-7-18)27-33-24-21-14-19(30)8-10-22(21)38-26(24)29(37)35(27)15-20-9-11-23(31)39-20/h4-11,14,16,25H,12-13,15,32H2,1-3H3/t25-/m1/s1. The zero-order valence-corrected chi connectivity index (χ0v) is 24.8. The van der Waals surface area contributed by atoms with Gasteiger partial charge in [-0.05, 0) is 77.9 Å². The number of furan rings is 1. The van der Waals surface area contributed by atoms with Crippen molar-refractivity contribution in [2.75, 3.05) is 13.1 Å². The fourth-order valence-corrected chi connectivity index (χ4v) is 6.60. The average Bonchev–Trinajstić information content (AvgIpc) is 3.48. The molecule has 0 saturated carbocycles. The van der Waals surface area contributed by atoms with Crippen molar-refractivity contribution in [1.29, 1.82) is 0 Å². The van der Waals surface area contributed by atoms with Crippen LogP contribution in [-0.2, 0) is 6.54 Å². The number of carbonyl (C=O) groups is 1. The van der Waals surface area contributed by atoms with E-state index < -0.39 is 11.9 Å². The van der Waals surface area contributed by atoms with E-state index in [0.717, 1.165) is 13.3 Å². The summed E-state index contributed by atoms with van der Waals surface area (Å²) in [5, 5.41) is 0.416. The lowest BCUT2D eigenvalue weighted by Crippen LogP contribution is -2.43. The Hall–Kier alpha value is -3.09. The summed E-state index contributed by atoms with van der Waals surface area (Å²) < 4.78 is 22.8. The Morgan fingerprint density at radius 3 is 2.56 bits per heavy atom. The number of nitrogens with zero attached hydrogens (tertiary/aromatic N) is 3. The molecule has 202 valence electrons. The summed E-state index contributed by atoms with van der Waals surface area (Å²) in [5.74, 6) is -0.369. The van der Waals surface area contributed by atoms with Gasteiger partial charge in [0.2, 0.25) is 5.58 Å². The minimum absolute atomic E-state index is 0.0587. The van der Waals surface area contributed by atoms with Gasteiger partial charge >= 0.3 is 0 Å². The molecule has 7 nitrogen and oxygen atoms in total. The number of benzene rings is 2. The lowest BCUT2D eigenvalue weighted by molar-refractivity contribution is 0.0612. The Bertz CT molecular complexity index is 1720. The van der Waals surface area contributed by atoms with Crippen molar-refractivity contribution >= 4 is 61.9 Å². The first kappa shape index (κ1) is 27.5. The predicted molar refractivity (Wildman–Crippen MR) is 161 cm³/mol. The van der Waals surface area contributed by atoms with Gasteiger partial charge in [0.15, 0.2) is 0 Å². The molecule has 3 aromatic heterocycles. The number of thiophene rings is 1. The molecule has 2 N–H and O–H groups in total. The summed E-state index contributed by atoms with van der Waals surface area (Å²) >= 11 is 3.82. The molecule has 5 aromatic rings. The minimum atomic E-state index is -0.586. The Balaban J connectivity index is 1.76. The maximum Gasteiger partial charge on any atom is 0.297 e. The van der Waals surface area contributed by atoms with E-state index in [1.807, 2.05) is 45.0 Å². The van der Waals surface area contributed by atoms with E-state index in [4.69, 9.17) is 15.1 Å². The number of hydrogen-bond donors (Lipinski definition) is 1. The number of halogens is 2. The van der Waals surface area contributed by atoms with Crippen LogP contribution in [0.5, 0.6) is 0 Å². The monoisotopic (exact) mass is 658 g/mol. The number of nitrogens with two attached hydrogens (primary N) is 1. The molecule has 0 aliphatic heterocycles. The van der Waals surface area contributed by atoms with E-state index in [2.05, 4.69) is 22.6 Å². The summed E-state index contributed by atoms with van der Waals surface area (Å²) in [5.41, 5.74) is 7.91. The van der Waals surface area contributed by atoms with Crippen molar-refractivity contribution in [2.24, 2.45) is 11.7 Å². The van der Waals surface area contributed by atoms with Gasteiger partial charge in [0.05, 0.1) is 15.5 Å². The lowest BCUT2D eigenvalue weighted by atomic mass is 9.99. The van der Waals surface area contributed by atoms with Gasteiger partial charge in [-0.15, -0.1) is 11.3 Å². The van der Waals surface area contributed by atoms with Crippen LogP contribution in [0.2, 0.25) is 0 Å². The molecule has 0 radical (unpaired) electrons. The molecule has 0 spiro atoms. The molecule has 3 heterocycles. The Morgan fingerprint density at radius 1 is 1.18 bits per heavy atom. The predicted octanol–water partition coefficient (Wildman–Crippen LogP) is 6.10. The van der Waals surface area contributed by atoms with E-state index in [0.29, 0.717) is 22.4 Å². The molecular weight excluding hydrogens is 630 g/mol. The average molecular weight is 659 g/mol. The number of fused-ring (bicyclic) bond motifs is 3. The van der Waals surface area contributed by atoms with Gasteiger partial charge in [-0.2, -0.15) is 0 Å². The number of rotatable bonds is 8. The molecule has 1 atom stereocenters. The van der Waals surface area contributed by atoms with E-state index in [1.54, 1.807) is 32.9 Å². The van der Waals surface area contributed by atoms with Crippen LogP contribution in [0.3, 0.4) is 0 Å². The first-order valence-corrected chi connectivity index (χ1v) is 14.5. The van der Waals surface area contributed by atoms with Crippen molar-refractivity contribution in [3.05, 3.63) is 95.5 Å². The fourth-order valence-electron chi connectivity index (χ4n) is 4.85. The molecule has 1 amide bonds. The molecule has 5 rings (SSSR count). The third-order valence-corrected chi connectivity index (χ3v) is 8.55. The van der Waals surface area contributed by atoms with Crippen molar-refractivity contribution in [3.8, 4) is 0 Å². The molecule has 2 aromatic carbocycles. The van der Waals surface area contributed by atoms with Gasteiger partial charge in [-0.25, -0.2) is 9.37 Å². The van der Waals surface area contributed by atoms with E-state index in [1.165, 1.54) is 18.2 Å². The van der Waals surface area contributed by atoms with Crippen molar-refractivity contribution in [3.63, 3.8) is 0 Å². The smallest absolute Gasteiger partial charge is 0.297 e. The highest BCUT2D eigenvalue weighted by Crippen LogP contribution is 2.33. The number of amides is 1. The number of aromatic nitrogens is 2. The van der Waals surface area contributed by atoms with Crippen LogP contribution in [0.4, 0.5) is 4.39 Å². The van der Waals surface area contributed by atoms with Crippen LogP contribution in [0.15, 0.2) is 63.8 Å². The van der Waals surface area contributed by atoms with Crippen LogP contribution >= 0.6 is 33.9 Å². The molecule has 0 aliphatic carbocycles. The summed E-state index contributed by atoms with van der Waals surface area (Å²) in [4.78, 5) is 35.5. The molecule has 0 aliphatic rings. The molecule has 0 unspecified atom stereocenters. The van der Waals surface area contributed by atoms with Crippen LogP contribution < -0.4 is 11.3 Å². The summed E-state index contributed by atoms with van der Waals surface area (Å²) in [6.07, 6.45) is 0. The quantitative estimate of drug-likeness (QED) is 0.204. The van der Waals surface area contributed by atoms with Crippen molar-refractivity contribution in [1.82, 2.24) is 14.5 Å². The highest BCUT2D eigenvalue weighted by Gasteiger charge is 2.33. The number of aryl methyl sites for hydroxylation is 1. The second-order valence-electron chi connectivity index (χ2n) is 9.83. The minimum Gasteiger partial charge on any atom is -0.448 e.